The number of nitrogens with zero attached hydrogens (tertiary/aromatic N) is 1. The highest BCUT2D eigenvalue weighted by Crippen LogP contribution is 2.49. The molecule has 29 heavy (non-hydrogen) atoms. The maximum absolute atomic E-state index is 10.8. The smallest absolute Gasteiger partial charge is 0.125 e. The van der Waals surface area contributed by atoms with Gasteiger partial charge in [0.25, 0.3) is 0 Å². The lowest BCUT2D eigenvalue weighted by Crippen LogP contribution is -2.36. The zero-order chi connectivity index (χ0) is 20.2. The molecule has 2 heterocycles. The Kier molecular flexibility index (Phi) is 6.29. The van der Waals surface area contributed by atoms with E-state index in [2.05, 4.69) is 42.2 Å². The molecular weight excluding hydrogens is 362 g/mol. The molecule has 1 fully saturated rings. The monoisotopic (exact) mass is 395 g/mol. The molecule has 1 saturated heterocycles. The molecule has 2 aromatic carbocycles. The number of benzene rings is 2. The Morgan fingerprint density at radius 1 is 1.21 bits per heavy atom. The quantitative estimate of drug-likeness (QED) is 0.659. The second kappa shape index (κ2) is 9.08. The zero-order valence-electron chi connectivity index (χ0n) is 17.4. The summed E-state index contributed by atoms with van der Waals surface area (Å²) in [6.45, 7) is 3.31. The van der Waals surface area contributed by atoms with E-state index in [0.717, 1.165) is 49.2 Å². The highest BCUT2D eigenvalue weighted by molar-refractivity contribution is 5.67. The molecule has 2 N–H and O–H groups in total. The minimum absolute atomic E-state index is 0.0994. The second-order valence-electron chi connectivity index (χ2n) is 8.62. The van der Waals surface area contributed by atoms with Gasteiger partial charge in [-0.25, -0.2) is 0 Å². The summed E-state index contributed by atoms with van der Waals surface area (Å²) in [6, 6.07) is 15.0. The zero-order valence-corrected chi connectivity index (χ0v) is 17.4. The van der Waals surface area contributed by atoms with Crippen LogP contribution in [0.4, 0.5) is 5.69 Å². The van der Waals surface area contributed by atoms with Crippen LogP contribution in [0.15, 0.2) is 42.5 Å². The van der Waals surface area contributed by atoms with Crippen molar-refractivity contribution in [1.29, 1.82) is 0 Å². The Morgan fingerprint density at radius 2 is 2.03 bits per heavy atom. The molecule has 0 saturated carbocycles. The number of ether oxygens (including phenoxy) is 1. The number of rotatable bonds is 8. The molecule has 4 heteroatoms. The standard InChI is InChI=1S/C25H33NO3/c1-18(7-5-10-19-8-3-2-4-9-19)29-22-16-23-25(24(28)17-22)20(12-14-27)15-21-11-6-13-26(21)23/h2-4,8-9,16-18,20-21,27-28H,5-7,10-15H2,1H3/t18-,20-,21+/m0/s1. The van der Waals surface area contributed by atoms with Gasteiger partial charge in [-0.05, 0) is 63.4 Å². The summed E-state index contributed by atoms with van der Waals surface area (Å²) in [5.41, 5.74) is 3.48. The van der Waals surface area contributed by atoms with Gasteiger partial charge in [0, 0.05) is 42.6 Å². The van der Waals surface area contributed by atoms with Crippen molar-refractivity contribution < 1.29 is 14.9 Å². The molecule has 2 aliphatic rings. The summed E-state index contributed by atoms with van der Waals surface area (Å²) in [5.74, 6) is 1.30. The van der Waals surface area contributed by atoms with Gasteiger partial charge in [0.1, 0.15) is 11.5 Å². The minimum atomic E-state index is 0.0994. The number of aromatic hydroxyl groups is 1. The van der Waals surface area contributed by atoms with E-state index in [1.165, 1.54) is 18.4 Å². The van der Waals surface area contributed by atoms with E-state index < -0.39 is 0 Å². The van der Waals surface area contributed by atoms with Gasteiger partial charge in [-0.2, -0.15) is 0 Å². The third-order valence-corrected chi connectivity index (χ3v) is 6.50. The largest absolute Gasteiger partial charge is 0.507 e. The SMILES string of the molecule is C[C@@H](CCCc1ccccc1)Oc1cc(O)c2c(c1)N1CCC[C@@H]1C[C@@H]2CCO. The highest BCUT2D eigenvalue weighted by atomic mass is 16.5. The molecule has 156 valence electrons. The van der Waals surface area contributed by atoms with Crippen LogP contribution in [0.3, 0.4) is 0 Å². The first kappa shape index (κ1) is 20.1. The molecule has 0 amide bonds. The van der Waals surface area contributed by atoms with Gasteiger partial charge in [0.15, 0.2) is 0 Å². The van der Waals surface area contributed by atoms with Crippen LogP contribution in [0.5, 0.6) is 11.5 Å². The molecule has 0 aromatic heterocycles. The van der Waals surface area contributed by atoms with E-state index >= 15 is 0 Å². The topological polar surface area (TPSA) is 52.9 Å². The van der Waals surface area contributed by atoms with E-state index in [0.29, 0.717) is 18.2 Å². The third-order valence-electron chi connectivity index (χ3n) is 6.50. The Hall–Kier alpha value is -2.20. The molecule has 4 rings (SSSR count). The van der Waals surface area contributed by atoms with Crippen LogP contribution >= 0.6 is 0 Å². The van der Waals surface area contributed by atoms with E-state index in [1.54, 1.807) is 6.07 Å². The lowest BCUT2D eigenvalue weighted by Gasteiger charge is -2.39. The number of hydrogen-bond acceptors (Lipinski definition) is 4. The van der Waals surface area contributed by atoms with Crippen molar-refractivity contribution in [3.63, 3.8) is 0 Å². The molecule has 0 unspecified atom stereocenters. The van der Waals surface area contributed by atoms with Crippen LogP contribution < -0.4 is 9.64 Å². The van der Waals surface area contributed by atoms with Gasteiger partial charge < -0.3 is 19.8 Å². The van der Waals surface area contributed by atoms with Crippen molar-refractivity contribution in [3.8, 4) is 11.5 Å². The van der Waals surface area contributed by atoms with Crippen molar-refractivity contribution in [1.82, 2.24) is 0 Å². The van der Waals surface area contributed by atoms with Crippen LogP contribution in [0.25, 0.3) is 0 Å². The summed E-state index contributed by atoms with van der Waals surface area (Å²) in [6.07, 6.45) is 7.34. The Morgan fingerprint density at radius 3 is 2.83 bits per heavy atom. The van der Waals surface area contributed by atoms with Gasteiger partial charge >= 0.3 is 0 Å². The van der Waals surface area contributed by atoms with Gasteiger partial charge in [-0.1, -0.05) is 30.3 Å². The van der Waals surface area contributed by atoms with Crippen LogP contribution in [0.2, 0.25) is 0 Å². The summed E-state index contributed by atoms with van der Waals surface area (Å²) in [5, 5.41) is 20.3. The van der Waals surface area contributed by atoms with E-state index in [4.69, 9.17) is 4.74 Å². The summed E-state index contributed by atoms with van der Waals surface area (Å²) in [4.78, 5) is 2.44. The third kappa shape index (κ3) is 4.53. The van der Waals surface area contributed by atoms with E-state index in [1.807, 2.05) is 6.07 Å². The number of hydrogen-bond donors (Lipinski definition) is 2. The van der Waals surface area contributed by atoms with E-state index in [-0.39, 0.29) is 18.6 Å². The first-order valence-corrected chi connectivity index (χ1v) is 11.1. The maximum Gasteiger partial charge on any atom is 0.125 e. The molecule has 0 aliphatic carbocycles. The maximum atomic E-state index is 10.8. The Labute approximate surface area is 174 Å². The number of aliphatic hydroxyl groups excluding tert-OH is 1. The van der Waals surface area contributed by atoms with Crippen LogP contribution in [-0.2, 0) is 6.42 Å². The second-order valence-corrected chi connectivity index (χ2v) is 8.62. The molecular formula is C25H33NO3. The lowest BCUT2D eigenvalue weighted by molar-refractivity contribution is 0.207. The number of phenolic OH excluding ortho intramolecular Hbond substituents is 1. The highest BCUT2D eigenvalue weighted by Gasteiger charge is 2.37. The lowest BCUT2D eigenvalue weighted by atomic mass is 9.83. The van der Waals surface area contributed by atoms with Crippen LogP contribution in [-0.4, -0.2) is 35.5 Å². The summed E-state index contributed by atoms with van der Waals surface area (Å²) < 4.78 is 6.21. The first-order valence-electron chi connectivity index (χ1n) is 11.1. The van der Waals surface area contributed by atoms with Gasteiger partial charge in [0.2, 0.25) is 0 Å². The van der Waals surface area contributed by atoms with Crippen molar-refractivity contribution >= 4 is 5.69 Å². The van der Waals surface area contributed by atoms with Gasteiger partial charge in [0.05, 0.1) is 6.10 Å². The molecule has 2 aromatic rings. The summed E-state index contributed by atoms with van der Waals surface area (Å²) >= 11 is 0. The van der Waals surface area contributed by atoms with Gasteiger partial charge in [-0.3, -0.25) is 0 Å². The van der Waals surface area contributed by atoms with Crippen molar-refractivity contribution in [2.45, 2.75) is 69.9 Å². The fourth-order valence-electron chi connectivity index (χ4n) is 5.11. The molecule has 0 bridgehead atoms. The molecule has 3 atom stereocenters. The fourth-order valence-corrected chi connectivity index (χ4v) is 5.11. The average molecular weight is 396 g/mol. The summed E-state index contributed by atoms with van der Waals surface area (Å²) in [7, 11) is 0. The predicted octanol–water partition coefficient (Wildman–Crippen LogP) is 5.02. The van der Waals surface area contributed by atoms with Gasteiger partial charge in [-0.15, -0.1) is 0 Å². The van der Waals surface area contributed by atoms with Crippen LogP contribution in [0.1, 0.15) is 62.5 Å². The Bertz CT molecular complexity index is 807. The number of aryl methyl sites for hydroxylation is 1. The van der Waals surface area contributed by atoms with Crippen LogP contribution in [0, 0.1) is 0 Å². The van der Waals surface area contributed by atoms with Crippen molar-refractivity contribution in [2.24, 2.45) is 0 Å². The number of anilines is 1. The minimum Gasteiger partial charge on any atom is -0.507 e. The number of aliphatic hydroxyl groups is 1. The predicted molar refractivity (Wildman–Crippen MR) is 117 cm³/mol. The normalized spacial score (nSPS) is 21.5. The first-order chi connectivity index (χ1) is 14.2. The van der Waals surface area contributed by atoms with Crippen molar-refractivity contribution in [2.75, 3.05) is 18.1 Å². The number of fused-ring (bicyclic) bond motifs is 3. The van der Waals surface area contributed by atoms with Crippen molar-refractivity contribution in [3.05, 3.63) is 53.6 Å². The molecule has 0 radical (unpaired) electrons. The molecule has 0 spiro atoms. The Balaban J connectivity index is 1.44. The molecule has 2 aliphatic heterocycles. The average Bonchev–Trinajstić information content (AvgIpc) is 3.17. The fraction of sp³-hybridized carbons (Fsp3) is 0.520. The molecule has 4 nitrogen and oxygen atoms in total. The van der Waals surface area contributed by atoms with E-state index in [9.17, 15) is 10.2 Å². The number of phenols is 1.